The van der Waals surface area contributed by atoms with E-state index in [1.165, 1.54) is 5.56 Å². The third-order valence-corrected chi connectivity index (χ3v) is 3.29. The predicted octanol–water partition coefficient (Wildman–Crippen LogP) is 4.14. The lowest BCUT2D eigenvalue weighted by atomic mass is 9.86. The first-order chi connectivity index (χ1) is 9.36. The summed E-state index contributed by atoms with van der Waals surface area (Å²) < 4.78 is 5.42. The summed E-state index contributed by atoms with van der Waals surface area (Å²) >= 11 is 0. The number of nitrogens with zero attached hydrogens (tertiary/aromatic N) is 1. The summed E-state index contributed by atoms with van der Waals surface area (Å²) in [6.45, 7) is 11.6. The van der Waals surface area contributed by atoms with Crippen LogP contribution in [0.15, 0.2) is 34.9 Å². The van der Waals surface area contributed by atoms with Gasteiger partial charge < -0.3 is 9.84 Å². The van der Waals surface area contributed by atoms with Gasteiger partial charge in [0.2, 0.25) is 0 Å². The lowest BCUT2D eigenvalue weighted by molar-refractivity contribution is 0.417. The summed E-state index contributed by atoms with van der Waals surface area (Å²) in [5.41, 5.74) is 3.50. The van der Waals surface area contributed by atoms with Gasteiger partial charge in [-0.15, -0.1) is 0 Å². The first-order valence-electron chi connectivity index (χ1n) is 7.16. The van der Waals surface area contributed by atoms with Crippen molar-refractivity contribution in [1.82, 2.24) is 10.5 Å². The van der Waals surface area contributed by atoms with Crippen LogP contribution < -0.4 is 5.32 Å². The van der Waals surface area contributed by atoms with Gasteiger partial charge in [-0.2, -0.15) is 0 Å². The minimum atomic E-state index is 0.173. The molecule has 0 saturated carbocycles. The van der Waals surface area contributed by atoms with Crippen molar-refractivity contribution in [3.63, 3.8) is 0 Å². The van der Waals surface area contributed by atoms with Gasteiger partial charge in [0.15, 0.2) is 5.76 Å². The van der Waals surface area contributed by atoms with Crippen molar-refractivity contribution in [3.05, 3.63) is 41.6 Å². The average Bonchev–Trinajstić information content (AvgIpc) is 2.84. The molecule has 0 spiro atoms. The molecule has 0 unspecified atom stereocenters. The van der Waals surface area contributed by atoms with Crippen molar-refractivity contribution in [2.75, 3.05) is 0 Å². The average molecular weight is 272 g/mol. The highest BCUT2D eigenvalue weighted by Gasteiger charge is 2.14. The molecule has 108 valence electrons. The van der Waals surface area contributed by atoms with Gasteiger partial charge in [0.1, 0.15) is 0 Å². The molecule has 0 atom stereocenters. The first kappa shape index (κ1) is 14.8. The van der Waals surface area contributed by atoms with E-state index in [0.29, 0.717) is 6.04 Å². The minimum Gasteiger partial charge on any atom is -0.356 e. The molecular weight excluding hydrogens is 248 g/mol. The van der Waals surface area contributed by atoms with Crippen LogP contribution in [0.2, 0.25) is 0 Å². The minimum absolute atomic E-state index is 0.173. The maximum absolute atomic E-state index is 5.42. The van der Waals surface area contributed by atoms with E-state index < -0.39 is 0 Å². The fraction of sp³-hybridized carbons (Fsp3) is 0.471. The molecule has 1 heterocycles. The van der Waals surface area contributed by atoms with E-state index in [4.69, 9.17) is 4.52 Å². The molecule has 1 aromatic carbocycles. The van der Waals surface area contributed by atoms with Crippen LogP contribution in [-0.4, -0.2) is 11.2 Å². The fourth-order valence-electron chi connectivity index (χ4n) is 1.97. The number of nitrogens with one attached hydrogen (secondary N) is 1. The van der Waals surface area contributed by atoms with Gasteiger partial charge in [0, 0.05) is 24.2 Å². The number of hydrogen-bond acceptors (Lipinski definition) is 3. The topological polar surface area (TPSA) is 38.1 Å². The summed E-state index contributed by atoms with van der Waals surface area (Å²) in [5, 5.41) is 7.43. The summed E-state index contributed by atoms with van der Waals surface area (Å²) in [6.07, 6.45) is 0. The Hall–Kier alpha value is -1.61. The van der Waals surface area contributed by atoms with E-state index in [1.807, 2.05) is 6.07 Å². The molecule has 0 saturated heterocycles. The number of benzene rings is 1. The SMILES string of the molecule is CC(C)NCc1cc(-c2ccc(C(C)(C)C)cc2)on1. The van der Waals surface area contributed by atoms with Gasteiger partial charge in [-0.05, 0) is 11.0 Å². The second kappa shape index (κ2) is 5.80. The highest BCUT2D eigenvalue weighted by molar-refractivity contribution is 5.58. The van der Waals surface area contributed by atoms with Crippen molar-refractivity contribution in [3.8, 4) is 11.3 Å². The van der Waals surface area contributed by atoms with Crippen molar-refractivity contribution < 1.29 is 4.52 Å². The zero-order valence-electron chi connectivity index (χ0n) is 13.0. The Morgan fingerprint density at radius 3 is 2.35 bits per heavy atom. The molecule has 3 nitrogen and oxygen atoms in total. The lowest BCUT2D eigenvalue weighted by Crippen LogP contribution is -2.21. The number of rotatable bonds is 4. The van der Waals surface area contributed by atoms with Crippen LogP contribution in [-0.2, 0) is 12.0 Å². The van der Waals surface area contributed by atoms with E-state index in [1.54, 1.807) is 0 Å². The van der Waals surface area contributed by atoms with E-state index in [2.05, 4.69) is 69.4 Å². The lowest BCUT2D eigenvalue weighted by Gasteiger charge is -2.18. The van der Waals surface area contributed by atoms with Gasteiger partial charge >= 0.3 is 0 Å². The van der Waals surface area contributed by atoms with Gasteiger partial charge in [-0.25, -0.2) is 0 Å². The van der Waals surface area contributed by atoms with E-state index in [9.17, 15) is 0 Å². The van der Waals surface area contributed by atoms with Crippen molar-refractivity contribution in [2.45, 2.75) is 52.6 Å². The molecule has 3 heteroatoms. The summed E-state index contributed by atoms with van der Waals surface area (Å²) in [6, 6.07) is 11.0. The van der Waals surface area contributed by atoms with Crippen LogP contribution in [0, 0.1) is 0 Å². The molecule has 0 aliphatic heterocycles. The van der Waals surface area contributed by atoms with Crippen LogP contribution in [0.25, 0.3) is 11.3 Å². The Morgan fingerprint density at radius 2 is 1.80 bits per heavy atom. The molecule has 0 amide bonds. The van der Waals surface area contributed by atoms with Crippen LogP contribution in [0.4, 0.5) is 0 Å². The summed E-state index contributed by atoms with van der Waals surface area (Å²) in [5.74, 6) is 0.825. The normalized spacial score (nSPS) is 12.1. The maximum Gasteiger partial charge on any atom is 0.167 e. The Balaban J connectivity index is 2.12. The third kappa shape index (κ3) is 3.70. The second-order valence-electron chi connectivity index (χ2n) is 6.55. The zero-order chi connectivity index (χ0) is 14.8. The van der Waals surface area contributed by atoms with Crippen molar-refractivity contribution in [1.29, 1.82) is 0 Å². The molecule has 0 radical (unpaired) electrons. The molecule has 2 rings (SSSR count). The smallest absolute Gasteiger partial charge is 0.167 e. The number of aromatic nitrogens is 1. The zero-order valence-corrected chi connectivity index (χ0v) is 13.0. The van der Waals surface area contributed by atoms with Crippen molar-refractivity contribution in [2.24, 2.45) is 0 Å². The van der Waals surface area contributed by atoms with Crippen LogP contribution in [0.5, 0.6) is 0 Å². The Kier molecular flexibility index (Phi) is 4.29. The molecule has 2 aromatic rings. The quantitative estimate of drug-likeness (QED) is 0.909. The molecule has 0 fully saturated rings. The van der Waals surface area contributed by atoms with E-state index in [0.717, 1.165) is 23.6 Å². The molecule has 1 aromatic heterocycles. The predicted molar refractivity (Wildman–Crippen MR) is 82.6 cm³/mol. The summed E-state index contributed by atoms with van der Waals surface area (Å²) in [7, 11) is 0. The molecule has 0 aliphatic carbocycles. The third-order valence-electron chi connectivity index (χ3n) is 3.29. The van der Waals surface area contributed by atoms with Gasteiger partial charge in [0.05, 0.1) is 5.69 Å². The van der Waals surface area contributed by atoms with Gasteiger partial charge in [-0.1, -0.05) is 64.0 Å². The van der Waals surface area contributed by atoms with Crippen LogP contribution in [0.3, 0.4) is 0 Å². The highest BCUT2D eigenvalue weighted by atomic mass is 16.5. The van der Waals surface area contributed by atoms with Crippen LogP contribution in [0.1, 0.15) is 45.9 Å². The molecular formula is C17H24N2O. The largest absolute Gasteiger partial charge is 0.356 e. The maximum atomic E-state index is 5.42. The standard InChI is InChI=1S/C17H24N2O/c1-12(2)18-11-15-10-16(20-19-15)13-6-8-14(9-7-13)17(3,4)5/h6-10,12,18H,11H2,1-5H3. The monoisotopic (exact) mass is 272 g/mol. The van der Waals surface area contributed by atoms with Crippen LogP contribution >= 0.6 is 0 Å². The number of hydrogen-bond donors (Lipinski definition) is 1. The highest BCUT2D eigenvalue weighted by Crippen LogP contribution is 2.26. The van der Waals surface area contributed by atoms with E-state index in [-0.39, 0.29) is 5.41 Å². The summed E-state index contributed by atoms with van der Waals surface area (Å²) in [4.78, 5) is 0. The van der Waals surface area contributed by atoms with Gasteiger partial charge in [-0.3, -0.25) is 0 Å². The van der Waals surface area contributed by atoms with Crippen molar-refractivity contribution >= 4 is 0 Å². The Labute approximate surface area is 121 Å². The molecule has 20 heavy (non-hydrogen) atoms. The molecule has 0 bridgehead atoms. The fourth-order valence-corrected chi connectivity index (χ4v) is 1.97. The van der Waals surface area contributed by atoms with Gasteiger partial charge in [0.25, 0.3) is 0 Å². The second-order valence-corrected chi connectivity index (χ2v) is 6.55. The Morgan fingerprint density at radius 1 is 1.15 bits per heavy atom. The Bertz CT molecular complexity index is 547. The molecule has 0 aliphatic rings. The van der Waals surface area contributed by atoms with E-state index >= 15 is 0 Å². The molecule has 1 N–H and O–H groups in total. The first-order valence-corrected chi connectivity index (χ1v) is 7.16.